The monoisotopic (exact) mass is 184 g/mol. The van der Waals surface area contributed by atoms with Crippen LogP contribution in [-0.4, -0.2) is 25.4 Å². The Labute approximate surface area is 80.9 Å². The summed E-state index contributed by atoms with van der Waals surface area (Å²) in [5.74, 6) is 0. The molecule has 0 atom stereocenters. The first-order valence-corrected chi connectivity index (χ1v) is 4.61. The van der Waals surface area contributed by atoms with E-state index >= 15 is 0 Å². The molecule has 2 nitrogen and oxygen atoms in total. The van der Waals surface area contributed by atoms with Crippen molar-refractivity contribution in [3.8, 4) is 0 Å². The third-order valence-corrected chi connectivity index (χ3v) is 1.95. The molecule has 2 heteroatoms. The molecule has 0 aliphatic rings. The Balaban J connectivity index is 3.68. The average molecular weight is 184 g/mol. The van der Waals surface area contributed by atoms with E-state index in [0.29, 0.717) is 6.61 Å². The van der Waals surface area contributed by atoms with Crippen molar-refractivity contribution >= 4 is 0 Å². The van der Waals surface area contributed by atoms with Crippen LogP contribution in [0.5, 0.6) is 0 Å². The summed E-state index contributed by atoms with van der Waals surface area (Å²) in [6, 6.07) is 0. The van der Waals surface area contributed by atoms with Gasteiger partial charge in [-0.25, -0.2) is 0 Å². The molecule has 0 aromatic heterocycles. The second-order valence-corrected chi connectivity index (χ2v) is 3.24. The summed E-state index contributed by atoms with van der Waals surface area (Å²) in [4.78, 5) is 0. The summed E-state index contributed by atoms with van der Waals surface area (Å²) >= 11 is 0. The molecule has 0 aromatic rings. The number of hydrogen-bond acceptors (Lipinski definition) is 2. The van der Waals surface area contributed by atoms with Crippen LogP contribution in [0.4, 0.5) is 0 Å². The fourth-order valence-electron chi connectivity index (χ4n) is 0.980. The molecule has 0 radical (unpaired) electrons. The third-order valence-electron chi connectivity index (χ3n) is 1.95. The highest BCUT2D eigenvalue weighted by atomic mass is 16.5. The molecule has 0 unspecified atom stereocenters. The number of aliphatic hydroxyl groups excluding tert-OH is 1. The highest BCUT2D eigenvalue weighted by Gasteiger charge is 1.92. The van der Waals surface area contributed by atoms with Crippen molar-refractivity contribution in [3.63, 3.8) is 0 Å². The second kappa shape index (κ2) is 8.02. The Bertz CT molecular complexity index is 181. The van der Waals surface area contributed by atoms with Gasteiger partial charge in [-0.15, -0.1) is 0 Å². The zero-order chi connectivity index (χ0) is 10.1. The highest BCUT2D eigenvalue weighted by Crippen LogP contribution is 2.10. The molecule has 76 valence electrons. The minimum absolute atomic E-state index is 0.146. The number of allylic oxidation sites excluding steroid dienone is 2. The molecule has 0 rings (SSSR count). The van der Waals surface area contributed by atoms with Gasteiger partial charge in [0.05, 0.1) is 13.2 Å². The molecular weight excluding hydrogens is 164 g/mol. The van der Waals surface area contributed by atoms with Crippen molar-refractivity contribution in [2.24, 2.45) is 0 Å². The van der Waals surface area contributed by atoms with Crippen LogP contribution in [0.15, 0.2) is 23.3 Å². The summed E-state index contributed by atoms with van der Waals surface area (Å²) < 4.78 is 4.94. The quantitative estimate of drug-likeness (QED) is 0.642. The van der Waals surface area contributed by atoms with Gasteiger partial charge in [0.2, 0.25) is 0 Å². The van der Waals surface area contributed by atoms with Gasteiger partial charge in [-0.2, -0.15) is 0 Å². The van der Waals surface area contributed by atoms with Gasteiger partial charge in [0.1, 0.15) is 0 Å². The van der Waals surface area contributed by atoms with Crippen molar-refractivity contribution in [1.82, 2.24) is 0 Å². The second-order valence-electron chi connectivity index (χ2n) is 3.24. The summed E-state index contributed by atoms with van der Waals surface area (Å²) in [5.41, 5.74) is 2.58. The zero-order valence-corrected chi connectivity index (χ0v) is 8.84. The van der Waals surface area contributed by atoms with Crippen molar-refractivity contribution in [1.29, 1.82) is 0 Å². The Hall–Kier alpha value is -0.600. The van der Waals surface area contributed by atoms with Crippen molar-refractivity contribution in [2.75, 3.05) is 20.3 Å². The molecule has 0 bridgehead atoms. The number of ether oxygens (including phenoxy) is 1. The number of rotatable bonds is 6. The molecule has 1 N–H and O–H groups in total. The van der Waals surface area contributed by atoms with Crippen LogP contribution in [0, 0.1) is 0 Å². The van der Waals surface area contributed by atoms with E-state index in [2.05, 4.69) is 13.0 Å². The lowest BCUT2D eigenvalue weighted by Gasteiger charge is -2.01. The Morgan fingerprint density at radius 3 is 2.15 bits per heavy atom. The molecule has 0 aromatic carbocycles. The minimum atomic E-state index is 0.146. The number of methoxy groups -OCH3 is 1. The van der Waals surface area contributed by atoms with Crippen LogP contribution < -0.4 is 0 Å². The van der Waals surface area contributed by atoms with Gasteiger partial charge in [0.15, 0.2) is 0 Å². The molecular formula is C11H20O2. The van der Waals surface area contributed by atoms with Gasteiger partial charge in [0.25, 0.3) is 0 Å². The molecule has 0 saturated carbocycles. The van der Waals surface area contributed by atoms with Gasteiger partial charge >= 0.3 is 0 Å². The molecule has 0 saturated heterocycles. The maximum Gasteiger partial charge on any atom is 0.0646 e. The Kier molecular flexibility index (Phi) is 7.65. The molecule has 0 heterocycles. The van der Waals surface area contributed by atoms with E-state index < -0.39 is 0 Å². The number of aliphatic hydroxyl groups is 1. The standard InChI is InChI=1S/C11H20O2/c1-10(6-8-12)4-5-11(2)7-9-13-3/h6-7,12H,4-5,8-9H2,1-3H3/b10-6+,11-7+. The Morgan fingerprint density at radius 2 is 1.69 bits per heavy atom. The SMILES string of the molecule is COC/C=C(\C)CC/C(C)=C/CO. The van der Waals surface area contributed by atoms with Crippen molar-refractivity contribution in [2.45, 2.75) is 26.7 Å². The van der Waals surface area contributed by atoms with Crippen LogP contribution in [0.25, 0.3) is 0 Å². The first-order valence-electron chi connectivity index (χ1n) is 4.61. The van der Waals surface area contributed by atoms with E-state index in [-0.39, 0.29) is 6.61 Å². The first kappa shape index (κ1) is 12.4. The van der Waals surface area contributed by atoms with E-state index in [9.17, 15) is 0 Å². The van der Waals surface area contributed by atoms with Crippen LogP contribution in [0.1, 0.15) is 26.7 Å². The van der Waals surface area contributed by atoms with Gasteiger partial charge in [0, 0.05) is 7.11 Å². The van der Waals surface area contributed by atoms with Gasteiger partial charge < -0.3 is 9.84 Å². The molecule has 0 aliphatic carbocycles. The molecule has 0 amide bonds. The minimum Gasteiger partial charge on any atom is -0.392 e. The predicted octanol–water partition coefficient (Wildman–Crippen LogP) is 2.30. The van der Waals surface area contributed by atoms with Crippen LogP contribution in [0.2, 0.25) is 0 Å². The van der Waals surface area contributed by atoms with E-state index in [4.69, 9.17) is 9.84 Å². The largest absolute Gasteiger partial charge is 0.392 e. The van der Waals surface area contributed by atoms with Crippen LogP contribution in [-0.2, 0) is 4.74 Å². The molecule has 0 aliphatic heterocycles. The maximum atomic E-state index is 8.63. The third kappa shape index (κ3) is 7.75. The van der Waals surface area contributed by atoms with Gasteiger partial charge in [-0.1, -0.05) is 23.3 Å². The smallest absolute Gasteiger partial charge is 0.0646 e. The highest BCUT2D eigenvalue weighted by molar-refractivity contribution is 5.05. The topological polar surface area (TPSA) is 29.5 Å². The molecule has 0 fully saturated rings. The van der Waals surface area contributed by atoms with E-state index in [0.717, 1.165) is 12.8 Å². The molecule has 0 spiro atoms. The summed E-state index contributed by atoms with van der Waals surface area (Å²) in [6.07, 6.45) is 6.01. The van der Waals surface area contributed by atoms with Crippen LogP contribution in [0.3, 0.4) is 0 Å². The van der Waals surface area contributed by atoms with E-state index in [1.807, 2.05) is 13.0 Å². The fraction of sp³-hybridized carbons (Fsp3) is 0.636. The lowest BCUT2D eigenvalue weighted by atomic mass is 10.1. The van der Waals surface area contributed by atoms with Gasteiger partial charge in [-0.3, -0.25) is 0 Å². The maximum absolute atomic E-state index is 8.63. The molecule has 13 heavy (non-hydrogen) atoms. The fourth-order valence-corrected chi connectivity index (χ4v) is 0.980. The lowest BCUT2D eigenvalue weighted by Crippen LogP contribution is -1.87. The van der Waals surface area contributed by atoms with E-state index in [1.165, 1.54) is 11.1 Å². The van der Waals surface area contributed by atoms with Crippen LogP contribution >= 0.6 is 0 Å². The van der Waals surface area contributed by atoms with E-state index in [1.54, 1.807) is 7.11 Å². The summed E-state index contributed by atoms with van der Waals surface area (Å²) in [5, 5.41) is 8.63. The first-order chi connectivity index (χ1) is 6.20. The average Bonchev–Trinajstić information content (AvgIpc) is 2.12. The Morgan fingerprint density at radius 1 is 1.15 bits per heavy atom. The summed E-state index contributed by atoms with van der Waals surface area (Å²) in [7, 11) is 1.70. The van der Waals surface area contributed by atoms with Crippen molar-refractivity contribution < 1.29 is 9.84 Å². The number of hydrogen-bond donors (Lipinski definition) is 1. The zero-order valence-electron chi connectivity index (χ0n) is 8.84. The van der Waals surface area contributed by atoms with Crippen molar-refractivity contribution in [3.05, 3.63) is 23.3 Å². The van der Waals surface area contributed by atoms with Gasteiger partial charge in [-0.05, 0) is 26.7 Å². The predicted molar refractivity (Wildman–Crippen MR) is 55.7 cm³/mol. The summed E-state index contributed by atoms with van der Waals surface area (Å²) in [6.45, 7) is 4.98. The lowest BCUT2D eigenvalue weighted by molar-refractivity contribution is 0.233. The normalized spacial score (nSPS) is 13.5.